The van der Waals surface area contributed by atoms with Gasteiger partial charge in [0.1, 0.15) is 17.5 Å². The van der Waals surface area contributed by atoms with Crippen molar-refractivity contribution in [2.45, 2.75) is 87.3 Å². The standard InChI is InChI=1S/C36H53NO10/c1-8-14-46-35-17-25(44-6)34(40)16-22(26(35)31(34)47-32(39)20-10-12-21(42-4)13-11-20)36-24(43-5)15-23(38)33(19-41-3)18-37(9-2)30(36)27(35)28(45-7)29(33)36/h10-13,22-31,38,40H,8-9,14-19H2,1-7H3/t22-,23-,24+,25+,26-,27+,28+,29-,30?,31-,33+,34+,35-,36+/m1/s1. The molecule has 1 unspecified atom stereocenters. The second-order valence-corrected chi connectivity index (χ2v) is 15.0. The van der Waals surface area contributed by atoms with Crippen LogP contribution >= 0.6 is 0 Å². The summed E-state index contributed by atoms with van der Waals surface area (Å²) in [5.41, 5.74) is -3.11. The fraction of sp³-hybridized carbons (Fsp3) is 0.806. The Morgan fingerprint density at radius 2 is 1.70 bits per heavy atom. The number of aliphatic hydroxyl groups is 2. The molecule has 0 radical (unpaired) electrons. The van der Waals surface area contributed by atoms with E-state index < -0.39 is 46.3 Å². The highest BCUT2D eigenvalue weighted by Crippen LogP contribution is 2.80. The van der Waals surface area contributed by atoms with E-state index in [1.54, 1.807) is 59.8 Å². The van der Waals surface area contributed by atoms with Crippen LogP contribution < -0.4 is 4.74 Å². The minimum Gasteiger partial charge on any atom is -0.497 e. The van der Waals surface area contributed by atoms with Crippen molar-refractivity contribution in [3.63, 3.8) is 0 Å². The molecular formula is C36H53NO10. The minimum absolute atomic E-state index is 0.0149. The molecule has 1 aromatic carbocycles. The monoisotopic (exact) mass is 659 g/mol. The van der Waals surface area contributed by atoms with Crippen LogP contribution in [0.15, 0.2) is 24.3 Å². The van der Waals surface area contributed by atoms with Crippen molar-refractivity contribution in [3.8, 4) is 5.75 Å². The predicted molar refractivity (Wildman–Crippen MR) is 170 cm³/mol. The van der Waals surface area contributed by atoms with Crippen LogP contribution in [-0.4, -0.2) is 131 Å². The van der Waals surface area contributed by atoms with Crippen LogP contribution in [0.5, 0.6) is 5.75 Å². The number of piperidine rings is 1. The van der Waals surface area contributed by atoms with Gasteiger partial charge in [-0.2, -0.15) is 0 Å². The highest BCUT2D eigenvalue weighted by molar-refractivity contribution is 5.89. The van der Waals surface area contributed by atoms with Gasteiger partial charge in [0.15, 0.2) is 0 Å². The third-order valence-electron chi connectivity index (χ3n) is 13.7. The van der Waals surface area contributed by atoms with Crippen molar-refractivity contribution in [1.82, 2.24) is 4.90 Å². The predicted octanol–water partition coefficient (Wildman–Crippen LogP) is 2.55. The Balaban J connectivity index is 1.46. The first-order valence-electron chi connectivity index (χ1n) is 17.3. The topological polar surface area (TPSA) is 125 Å². The Kier molecular flexibility index (Phi) is 8.52. The van der Waals surface area contributed by atoms with E-state index in [9.17, 15) is 15.0 Å². The zero-order valence-corrected chi connectivity index (χ0v) is 28.8. The molecular weight excluding hydrogens is 606 g/mol. The lowest BCUT2D eigenvalue weighted by Gasteiger charge is -2.70. The molecule has 2 N–H and O–H groups in total. The maximum absolute atomic E-state index is 13.9. The van der Waals surface area contributed by atoms with Gasteiger partial charge in [0.05, 0.1) is 49.3 Å². The van der Waals surface area contributed by atoms with Crippen molar-refractivity contribution in [3.05, 3.63) is 29.8 Å². The highest BCUT2D eigenvalue weighted by atomic mass is 16.6. The molecule has 1 aromatic rings. The Bertz CT molecular complexity index is 1330. The summed E-state index contributed by atoms with van der Waals surface area (Å²) in [6, 6.07) is 6.81. The van der Waals surface area contributed by atoms with E-state index in [2.05, 4.69) is 18.7 Å². The smallest absolute Gasteiger partial charge is 0.338 e. The number of carbonyl (C=O) groups excluding carboxylic acids is 1. The van der Waals surface area contributed by atoms with Crippen molar-refractivity contribution in [2.24, 2.45) is 34.5 Å². The van der Waals surface area contributed by atoms with Gasteiger partial charge < -0.3 is 43.4 Å². The summed E-state index contributed by atoms with van der Waals surface area (Å²) < 4.78 is 44.3. The van der Waals surface area contributed by atoms with Crippen molar-refractivity contribution in [2.75, 3.05) is 61.9 Å². The van der Waals surface area contributed by atoms with Gasteiger partial charge >= 0.3 is 5.97 Å². The van der Waals surface area contributed by atoms with Crippen LogP contribution in [0.25, 0.3) is 0 Å². The zero-order chi connectivity index (χ0) is 33.5. The number of hydrogen-bond donors (Lipinski definition) is 2. The number of rotatable bonds is 12. The maximum atomic E-state index is 13.9. The first-order chi connectivity index (χ1) is 22.6. The molecule has 1 saturated heterocycles. The quantitative estimate of drug-likeness (QED) is 0.322. The average molecular weight is 660 g/mol. The van der Waals surface area contributed by atoms with Crippen molar-refractivity contribution < 1.29 is 48.2 Å². The molecule has 11 heteroatoms. The molecule has 11 nitrogen and oxygen atoms in total. The lowest BCUT2D eigenvalue weighted by Crippen LogP contribution is -2.79. The summed E-state index contributed by atoms with van der Waals surface area (Å²) in [6.07, 6.45) is -0.821. The number of esters is 1. The summed E-state index contributed by atoms with van der Waals surface area (Å²) in [7, 11) is 8.42. The first-order valence-corrected chi connectivity index (χ1v) is 17.3. The van der Waals surface area contributed by atoms with Crippen molar-refractivity contribution >= 4 is 5.97 Å². The molecule has 1 spiro atoms. The molecule has 0 amide bonds. The molecule has 0 aromatic heterocycles. The van der Waals surface area contributed by atoms with Crippen LogP contribution in [0.3, 0.4) is 0 Å². The number of likely N-dealkylation sites (tertiary alicyclic amines) is 1. The third kappa shape index (κ3) is 4.11. The van der Waals surface area contributed by atoms with Crippen LogP contribution in [0.2, 0.25) is 0 Å². The zero-order valence-electron chi connectivity index (χ0n) is 28.8. The van der Waals surface area contributed by atoms with Gasteiger partial charge in [-0.1, -0.05) is 13.8 Å². The molecule has 7 rings (SSSR count). The van der Waals surface area contributed by atoms with Crippen LogP contribution in [0.1, 0.15) is 49.9 Å². The summed E-state index contributed by atoms with van der Waals surface area (Å²) >= 11 is 0. The number of benzene rings is 1. The van der Waals surface area contributed by atoms with E-state index in [4.69, 9.17) is 33.2 Å². The van der Waals surface area contributed by atoms with E-state index in [0.717, 1.165) is 13.0 Å². The van der Waals surface area contributed by atoms with E-state index in [-0.39, 0.29) is 41.9 Å². The van der Waals surface area contributed by atoms with Gasteiger partial charge in [-0.15, -0.1) is 0 Å². The van der Waals surface area contributed by atoms with E-state index in [1.165, 1.54) is 0 Å². The van der Waals surface area contributed by atoms with Gasteiger partial charge in [0.2, 0.25) is 0 Å². The Labute approximate surface area is 278 Å². The van der Waals surface area contributed by atoms with Crippen LogP contribution in [0.4, 0.5) is 0 Å². The summed E-state index contributed by atoms with van der Waals surface area (Å²) in [5.74, 6) is -0.742. The number of hydrogen-bond acceptors (Lipinski definition) is 11. The highest BCUT2D eigenvalue weighted by Gasteiger charge is 2.90. The molecule has 1 aliphatic heterocycles. The van der Waals surface area contributed by atoms with Gasteiger partial charge in [-0.25, -0.2) is 4.79 Å². The maximum Gasteiger partial charge on any atom is 0.338 e. The molecule has 6 fully saturated rings. The molecule has 6 aliphatic rings. The molecule has 5 saturated carbocycles. The van der Waals surface area contributed by atoms with E-state index >= 15 is 0 Å². The Hall–Kier alpha value is -1.83. The Morgan fingerprint density at radius 3 is 2.30 bits per heavy atom. The van der Waals surface area contributed by atoms with Gasteiger partial charge in [-0.05, 0) is 49.6 Å². The SMILES string of the molecule is CCCO[C@]12C[C@H](OC)[C@@]3(O)C[C@H]([C@@H]1[C@H]3OC(=O)c1ccc(OC)cc1)[C@@]13C4[C@@H]2[C@H](OC)[C@@H]1[C@](COC)(CN4CC)[C@H](O)C[C@@H]3OC. The van der Waals surface area contributed by atoms with Crippen LogP contribution in [0, 0.1) is 34.5 Å². The molecule has 1 heterocycles. The number of carbonyl (C=O) groups is 1. The normalized spacial score (nSPS) is 47.6. The first kappa shape index (κ1) is 33.7. The number of fused-ring (bicyclic) bond motifs is 2. The van der Waals surface area contributed by atoms with Gasteiger partial charge in [0.25, 0.3) is 0 Å². The second-order valence-electron chi connectivity index (χ2n) is 15.0. The summed E-state index contributed by atoms with van der Waals surface area (Å²) in [5, 5.41) is 25.0. The average Bonchev–Trinajstić information content (AvgIpc) is 3.45. The summed E-state index contributed by atoms with van der Waals surface area (Å²) in [4.78, 5) is 16.5. The van der Waals surface area contributed by atoms with Gasteiger partial charge in [-0.3, -0.25) is 4.90 Å². The van der Waals surface area contributed by atoms with E-state index in [1.807, 2.05) is 0 Å². The minimum atomic E-state index is -1.46. The lowest BCUT2D eigenvalue weighted by atomic mass is 9.42. The number of nitrogens with zero attached hydrogens (tertiary/aromatic N) is 1. The largest absolute Gasteiger partial charge is 0.497 e. The molecule has 7 bridgehead atoms. The Morgan fingerprint density at radius 1 is 0.979 bits per heavy atom. The fourth-order valence-corrected chi connectivity index (χ4v) is 12.5. The third-order valence-corrected chi connectivity index (χ3v) is 13.7. The molecule has 14 atom stereocenters. The number of ether oxygens (including phenoxy) is 7. The number of methoxy groups -OCH3 is 5. The number of aliphatic hydroxyl groups excluding tert-OH is 1. The molecule has 262 valence electrons. The van der Waals surface area contributed by atoms with Crippen LogP contribution in [-0.2, 0) is 28.4 Å². The van der Waals surface area contributed by atoms with Crippen molar-refractivity contribution in [1.29, 1.82) is 0 Å². The van der Waals surface area contributed by atoms with Gasteiger partial charge in [0, 0.05) is 89.1 Å². The van der Waals surface area contributed by atoms with E-state index in [0.29, 0.717) is 50.3 Å². The molecule has 47 heavy (non-hydrogen) atoms. The fourth-order valence-electron chi connectivity index (χ4n) is 12.5. The summed E-state index contributed by atoms with van der Waals surface area (Å²) in [6.45, 7) is 6.56. The lowest BCUT2D eigenvalue weighted by molar-refractivity contribution is -0.305. The molecule has 5 aliphatic carbocycles. The second kappa shape index (κ2) is 11.9.